The molecule has 0 aromatic rings. The Balaban J connectivity index is 1.63. The zero-order valence-electron chi connectivity index (χ0n) is 11.2. The third kappa shape index (κ3) is 3.70. The van der Waals surface area contributed by atoms with Gasteiger partial charge in [0.25, 0.3) is 0 Å². The number of carbonyl (C=O) groups is 1. The third-order valence-electron chi connectivity index (χ3n) is 4.51. The Labute approximate surface area is 105 Å². The van der Waals surface area contributed by atoms with Gasteiger partial charge in [0.15, 0.2) is 0 Å². The molecule has 0 radical (unpaired) electrons. The van der Waals surface area contributed by atoms with Crippen LogP contribution in [-0.2, 0) is 4.79 Å². The van der Waals surface area contributed by atoms with E-state index in [-0.39, 0.29) is 5.91 Å². The molecule has 17 heavy (non-hydrogen) atoms. The molecular weight excluding hydrogens is 212 g/mol. The van der Waals surface area contributed by atoms with Crippen LogP contribution < -0.4 is 10.6 Å². The molecule has 0 aliphatic heterocycles. The number of carbonyl (C=O) groups excluding carboxylic acids is 1. The average molecular weight is 238 g/mol. The molecule has 98 valence electrons. The van der Waals surface area contributed by atoms with Gasteiger partial charge in [-0.1, -0.05) is 20.3 Å². The summed E-state index contributed by atoms with van der Waals surface area (Å²) < 4.78 is 0. The molecule has 0 aromatic heterocycles. The monoisotopic (exact) mass is 238 g/mol. The summed E-state index contributed by atoms with van der Waals surface area (Å²) in [4.78, 5) is 11.8. The summed E-state index contributed by atoms with van der Waals surface area (Å²) >= 11 is 0. The summed E-state index contributed by atoms with van der Waals surface area (Å²) in [6.07, 6.45) is 6.36. The van der Waals surface area contributed by atoms with Crippen molar-refractivity contribution in [2.75, 3.05) is 13.1 Å². The Morgan fingerprint density at radius 1 is 1.24 bits per heavy atom. The Hall–Kier alpha value is -0.570. The van der Waals surface area contributed by atoms with Crippen LogP contribution in [0, 0.1) is 17.8 Å². The van der Waals surface area contributed by atoms with Crippen molar-refractivity contribution in [1.82, 2.24) is 10.6 Å². The van der Waals surface area contributed by atoms with Crippen LogP contribution in [0.25, 0.3) is 0 Å². The van der Waals surface area contributed by atoms with E-state index in [4.69, 9.17) is 0 Å². The summed E-state index contributed by atoms with van der Waals surface area (Å²) in [5, 5.41) is 6.43. The van der Waals surface area contributed by atoms with E-state index in [9.17, 15) is 4.79 Å². The van der Waals surface area contributed by atoms with Crippen molar-refractivity contribution < 1.29 is 4.79 Å². The first-order chi connectivity index (χ1) is 8.20. The lowest BCUT2D eigenvalue weighted by atomic mass is 9.93. The molecule has 0 heterocycles. The van der Waals surface area contributed by atoms with Crippen LogP contribution in [0.5, 0.6) is 0 Å². The molecule has 2 rings (SSSR count). The molecule has 1 amide bonds. The molecule has 3 atom stereocenters. The van der Waals surface area contributed by atoms with Crippen LogP contribution in [0.4, 0.5) is 0 Å². The fourth-order valence-corrected chi connectivity index (χ4v) is 3.00. The predicted octanol–water partition coefficient (Wildman–Crippen LogP) is 1.93. The highest BCUT2D eigenvalue weighted by Crippen LogP contribution is 2.33. The topological polar surface area (TPSA) is 41.1 Å². The molecule has 3 nitrogen and oxygen atoms in total. The van der Waals surface area contributed by atoms with Gasteiger partial charge >= 0.3 is 0 Å². The molecule has 2 aliphatic carbocycles. The summed E-state index contributed by atoms with van der Waals surface area (Å²) in [6, 6.07) is 0.412. The maximum atomic E-state index is 11.8. The molecule has 0 aromatic carbocycles. The van der Waals surface area contributed by atoms with Gasteiger partial charge in [-0.15, -0.1) is 0 Å². The van der Waals surface area contributed by atoms with Gasteiger partial charge < -0.3 is 10.6 Å². The van der Waals surface area contributed by atoms with Crippen molar-refractivity contribution in [3.8, 4) is 0 Å². The summed E-state index contributed by atoms with van der Waals surface area (Å²) in [5.41, 5.74) is 0. The van der Waals surface area contributed by atoms with Crippen molar-refractivity contribution in [3.63, 3.8) is 0 Å². The van der Waals surface area contributed by atoms with Crippen LogP contribution in [0.2, 0.25) is 0 Å². The van der Waals surface area contributed by atoms with Crippen LogP contribution in [0.1, 0.15) is 46.0 Å². The van der Waals surface area contributed by atoms with Gasteiger partial charge in [0, 0.05) is 6.04 Å². The lowest BCUT2D eigenvalue weighted by Gasteiger charge is -2.21. The minimum Gasteiger partial charge on any atom is -0.352 e. The minimum atomic E-state index is 0.180. The number of hydrogen-bond acceptors (Lipinski definition) is 2. The molecule has 2 fully saturated rings. The SMILES string of the molecule is CCC1CCC(NC(=O)CNCC2CC2)C1C. The molecule has 3 heteroatoms. The molecule has 2 aliphatic rings. The molecule has 2 saturated carbocycles. The van der Waals surface area contributed by atoms with Crippen LogP contribution in [-0.4, -0.2) is 25.0 Å². The molecule has 3 unspecified atom stereocenters. The van der Waals surface area contributed by atoms with Crippen molar-refractivity contribution >= 4 is 5.91 Å². The molecule has 0 spiro atoms. The van der Waals surface area contributed by atoms with Gasteiger partial charge in [0.05, 0.1) is 6.54 Å². The zero-order valence-corrected chi connectivity index (χ0v) is 11.2. The largest absolute Gasteiger partial charge is 0.352 e. The van der Waals surface area contributed by atoms with Crippen LogP contribution in [0.3, 0.4) is 0 Å². The van der Waals surface area contributed by atoms with E-state index in [0.29, 0.717) is 18.5 Å². The van der Waals surface area contributed by atoms with Gasteiger partial charge in [-0.25, -0.2) is 0 Å². The Morgan fingerprint density at radius 3 is 2.59 bits per heavy atom. The maximum absolute atomic E-state index is 11.8. The fourth-order valence-electron chi connectivity index (χ4n) is 3.00. The fraction of sp³-hybridized carbons (Fsp3) is 0.929. The van der Waals surface area contributed by atoms with Crippen molar-refractivity contribution in [3.05, 3.63) is 0 Å². The van der Waals surface area contributed by atoms with E-state index in [2.05, 4.69) is 24.5 Å². The van der Waals surface area contributed by atoms with E-state index < -0.39 is 0 Å². The first kappa shape index (κ1) is 12.9. The van der Waals surface area contributed by atoms with E-state index >= 15 is 0 Å². The van der Waals surface area contributed by atoms with Gasteiger partial charge in [-0.3, -0.25) is 4.79 Å². The van der Waals surface area contributed by atoms with E-state index in [0.717, 1.165) is 24.8 Å². The Kier molecular flexibility index (Phi) is 4.43. The average Bonchev–Trinajstić information content (AvgIpc) is 3.06. The highest BCUT2D eigenvalue weighted by molar-refractivity contribution is 5.78. The summed E-state index contributed by atoms with van der Waals surface area (Å²) in [5.74, 6) is 2.48. The lowest BCUT2D eigenvalue weighted by Crippen LogP contribution is -2.42. The summed E-state index contributed by atoms with van der Waals surface area (Å²) in [7, 11) is 0. The minimum absolute atomic E-state index is 0.180. The highest BCUT2D eigenvalue weighted by atomic mass is 16.2. The first-order valence-electron chi connectivity index (χ1n) is 7.20. The quantitative estimate of drug-likeness (QED) is 0.742. The second-order valence-corrected chi connectivity index (χ2v) is 5.85. The standard InChI is InChI=1S/C14H26N2O/c1-3-12-6-7-13(10(12)2)16-14(17)9-15-8-11-4-5-11/h10-13,15H,3-9H2,1-2H3,(H,16,17). The first-order valence-corrected chi connectivity index (χ1v) is 7.20. The third-order valence-corrected chi connectivity index (χ3v) is 4.51. The van der Waals surface area contributed by atoms with Gasteiger partial charge in [-0.05, 0) is 50.0 Å². The summed E-state index contributed by atoms with van der Waals surface area (Å²) in [6.45, 7) is 6.05. The normalized spacial score (nSPS) is 32.7. The maximum Gasteiger partial charge on any atom is 0.234 e. The van der Waals surface area contributed by atoms with Gasteiger partial charge in [0.1, 0.15) is 0 Å². The molecule has 0 bridgehead atoms. The number of amides is 1. The van der Waals surface area contributed by atoms with Crippen molar-refractivity contribution in [2.45, 2.75) is 52.0 Å². The second-order valence-electron chi connectivity index (χ2n) is 5.85. The van der Waals surface area contributed by atoms with Gasteiger partial charge in [0.2, 0.25) is 5.91 Å². The smallest absolute Gasteiger partial charge is 0.234 e. The number of hydrogen-bond donors (Lipinski definition) is 2. The predicted molar refractivity (Wildman–Crippen MR) is 69.7 cm³/mol. The van der Waals surface area contributed by atoms with E-state index in [1.54, 1.807) is 0 Å². The highest BCUT2D eigenvalue weighted by Gasteiger charge is 2.32. The van der Waals surface area contributed by atoms with E-state index in [1.165, 1.54) is 25.7 Å². The zero-order chi connectivity index (χ0) is 12.3. The second kappa shape index (κ2) is 5.85. The molecule has 2 N–H and O–H groups in total. The number of nitrogens with one attached hydrogen (secondary N) is 2. The Bertz CT molecular complexity index is 263. The molecular formula is C14H26N2O. The van der Waals surface area contributed by atoms with Crippen molar-refractivity contribution in [2.24, 2.45) is 17.8 Å². The lowest BCUT2D eigenvalue weighted by molar-refractivity contribution is -0.121. The van der Waals surface area contributed by atoms with E-state index in [1.807, 2.05) is 0 Å². The van der Waals surface area contributed by atoms with Crippen LogP contribution in [0.15, 0.2) is 0 Å². The van der Waals surface area contributed by atoms with Crippen molar-refractivity contribution in [1.29, 1.82) is 0 Å². The van der Waals surface area contributed by atoms with Crippen LogP contribution >= 0.6 is 0 Å². The number of rotatable bonds is 6. The molecule has 0 saturated heterocycles. The van der Waals surface area contributed by atoms with Gasteiger partial charge in [-0.2, -0.15) is 0 Å². The Morgan fingerprint density at radius 2 is 2.00 bits per heavy atom.